The molecule has 1 aromatic carbocycles. The molecule has 1 aromatic heterocycles. The summed E-state index contributed by atoms with van der Waals surface area (Å²) in [4.78, 5) is 0. The summed E-state index contributed by atoms with van der Waals surface area (Å²) in [6.07, 6.45) is 3.53. The predicted octanol–water partition coefficient (Wildman–Crippen LogP) is 2.71. The Balaban J connectivity index is 2.19. The lowest BCUT2D eigenvalue weighted by Crippen LogP contribution is -2.03. The maximum atomic E-state index is 4.69. The largest absolute Gasteiger partial charge is 0.371 e. The zero-order valence-electron chi connectivity index (χ0n) is 10.3. The summed E-state index contributed by atoms with van der Waals surface area (Å²) in [5.41, 5.74) is 5.25. The molecular formula is C14H17N3. The second kappa shape index (κ2) is 3.91. The molecule has 1 aliphatic rings. The first-order valence-electron chi connectivity index (χ1n) is 6.16. The molecule has 0 amide bonds. The van der Waals surface area contributed by atoms with Crippen molar-refractivity contribution in [2.24, 2.45) is 0 Å². The van der Waals surface area contributed by atoms with Gasteiger partial charge in [0.2, 0.25) is 0 Å². The minimum absolute atomic E-state index is 1.04. The second-order valence-electron chi connectivity index (χ2n) is 4.58. The zero-order chi connectivity index (χ0) is 11.8. The van der Waals surface area contributed by atoms with Crippen LogP contribution < -0.4 is 5.32 Å². The lowest BCUT2D eigenvalue weighted by Gasteiger charge is -2.08. The lowest BCUT2D eigenvalue weighted by atomic mass is 10.2. The SMILES string of the molecule is CNc1nn(-c2ccccc2C)c2c1CCC2. The molecule has 0 saturated heterocycles. The Morgan fingerprint density at radius 1 is 1.24 bits per heavy atom. The summed E-state index contributed by atoms with van der Waals surface area (Å²) in [5, 5.41) is 7.89. The third-order valence-electron chi connectivity index (χ3n) is 3.51. The van der Waals surface area contributed by atoms with Crippen LogP contribution in [-0.2, 0) is 12.8 Å². The van der Waals surface area contributed by atoms with Gasteiger partial charge in [-0.2, -0.15) is 0 Å². The quantitative estimate of drug-likeness (QED) is 0.855. The maximum absolute atomic E-state index is 4.69. The van der Waals surface area contributed by atoms with Gasteiger partial charge in [0.1, 0.15) is 0 Å². The summed E-state index contributed by atoms with van der Waals surface area (Å²) in [7, 11) is 1.95. The van der Waals surface area contributed by atoms with E-state index in [1.165, 1.54) is 28.9 Å². The van der Waals surface area contributed by atoms with E-state index in [1.54, 1.807) is 0 Å². The fourth-order valence-corrected chi connectivity index (χ4v) is 2.64. The number of fused-ring (bicyclic) bond motifs is 1. The van der Waals surface area contributed by atoms with Crippen LogP contribution in [0.15, 0.2) is 24.3 Å². The first-order valence-corrected chi connectivity index (χ1v) is 6.16. The molecule has 3 rings (SSSR count). The van der Waals surface area contributed by atoms with Crippen molar-refractivity contribution in [3.63, 3.8) is 0 Å². The molecule has 0 saturated carbocycles. The average Bonchev–Trinajstić information content (AvgIpc) is 2.91. The molecule has 17 heavy (non-hydrogen) atoms. The van der Waals surface area contributed by atoms with Crippen molar-refractivity contribution in [1.29, 1.82) is 0 Å². The van der Waals surface area contributed by atoms with Gasteiger partial charge in [0.15, 0.2) is 5.82 Å². The van der Waals surface area contributed by atoms with Gasteiger partial charge in [0.25, 0.3) is 0 Å². The van der Waals surface area contributed by atoms with Crippen LogP contribution in [0, 0.1) is 6.92 Å². The molecule has 1 heterocycles. The number of nitrogens with zero attached hydrogens (tertiary/aromatic N) is 2. The topological polar surface area (TPSA) is 29.9 Å². The number of rotatable bonds is 2. The summed E-state index contributed by atoms with van der Waals surface area (Å²) in [6, 6.07) is 8.42. The maximum Gasteiger partial charge on any atom is 0.151 e. The Labute approximate surface area is 101 Å². The highest BCUT2D eigenvalue weighted by Crippen LogP contribution is 2.31. The summed E-state index contributed by atoms with van der Waals surface area (Å²) >= 11 is 0. The van der Waals surface area contributed by atoms with Gasteiger partial charge < -0.3 is 5.32 Å². The van der Waals surface area contributed by atoms with Crippen LogP contribution in [0.5, 0.6) is 0 Å². The summed E-state index contributed by atoms with van der Waals surface area (Å²) in [5.74, 6) is 1.04. The molecule has 1 aliphatic carbocycles. The first kappa shape index (κ1) is 10.4. The third-order valence-corrected chi connectivity index (χ3v) is 3.51. The molecular weight excluding hydrogens is 210 g/mol. The zero-order valence-corrected chi connectivity index (χ0v) is 10.3. The van der Waals surface area contributed by atoms with Crippen LogP contribution in [0.3, 0.4) is 0 Å². The number of anilines is 1. The van der Waals surface area contributed by atoms with Crippen LogP contribution >= 0.6 is 0 Å². The Hall–Kier alpha value is -1.77. The van der Waals surface area contributed by atoms with Gasteiger partial charge >= 0.3 is 0 Å². The van der Waals surface area contributed by atoms with Gasteiger partial charge in [0, 0.05) is 18.3 Å². The third kappa shape index (κ3) is 1.54. The monoisotopic (exact) mass is 227 g/mol. The van der Waals surface area contributed by atoms with Crippen LogP contribution in [0.25, 0.3) is 5.69 Å². The van der Waals surface area contributed by atoms with Crippen molar-refractivity contribution >= 4 is 5.82 Å². The molecule has 0 radical (unpaired) electrons. The number of benzene rings is 1. The molecule has 0 aliphatic heterocycles. The average molecular weight is 227 g/mol. The van der Waals surface area contributed by atoms with Crippen molar-refractivity contribution in [3.05, 3.63) is 41.1 Å². The number of aromatic nitrogens is 2. The van der Waals surface area contributed by atoms with E-state index in [9.17, 15) is 0 Å². The van der Waals surface area contributed by atoms with Crippen molar-refractivity contribution in [3.8, 4) is 5.69 Å². The minimum atomic E-state index is 1.04. The molecule has 0 spiro atoms. The smallest absolute Gasteiger partial charge is 0.151 e. The van der Waals surface area contributed by atoms with Crippen LogP contribution in [-0.4, -0.2) is 16.8 Å². The van der Waals surface area contributed by atoms with E-state index < -0.39 is 0 Å². The fourth-order valence-electron chi connectivity index (χ4n) is 2.64. The number of hydrogen-bond donors (Lipinski definition) is 1. The number of aryl methyl sites for hydroxylation is 1. The standard InChI is InChI=1S/C14H17N3/c1-10-6-3-4-8-12(10)17-13-9-5-7-11(13)14(15-2)16-17/h3-4,6,8H,5,7,9H2,1-2H3,(H,15,16). The van der Waals surface area contributed by atoms with E-state index in [0.29, 0.717) is 0 Å². The molecule has 3 heteroatoms. The Morgan fingerprint density at radius 2 is 2.06 bits per heavy atom. The fraction of sp³-hybridized carbons (Fsp3) is 0.357. The van der Waals surface area contributed by atoms with Crippen molar-refractivity contribution in [1.82, 2.24) is 9.78 Å². The highest BCUT2D eigenvalue weighted by molar-refractivity contribution is 5.53. The van der Waals surface area contributed by atoms with E-state index >= 15 is 0 Å². The Kier molecular flexibility index (Phi) is 2.39. The van der Waals surface area contributed by atoms with E-state index in [2.05, 4.69) is 46.3 Å². The molecule has 88 valence electrons. The van der Waals surface area contributed by atoms with Crippen molar-refractivity contribution in [2.75, 3.05) is 12.4 Å². The second-order valence-corrected chi connectivity index (χ2v) is 4.58. The highest BCUT2D eigenvalue weighted by Gasteiger charge is 2.22. The normalized spacial score (nSPS) is 13.8. The van der Waals surface area contributed by atoms with Crippen LogP contribution in [0.1, 0.15) is 23.2 Å². The van der Waals surface area contributed by atoms with Crippen molar-refractivity contribution in [2.45, 2.75) is 26.2 Å². The van der Waals surface area contributed by atoms with Gasteiger partial charge in [-0.15, -0.1) is 5.10 Å². The van der Waals surface area contributed by atoms with Crippen molar-refractivity contribution < 1.29 is 0 Å². The molecule has 0 unspecified atom stereocenters. The van der Waals surface area contributed by atoms with E-state index in [-0.39, 0.29) is 0 Å². The highest BCUT2D eigenvalue weighted by atomic mass is 15.3. The summed E-state index contributed by atoms with van der Waals surface area (Å²) < 4.78 is 2.11. The number of nitrogens with one attached hydrogen (secondary N) is 1. The molecule has 0 bridgehead atoms. The molecule has 2 aromatic rings. The van der Waals surface area contributed by atoms with Gasteiger partial charge in [-0.1, -0.05) is 18.2 Å². The van der Waals surface area contributed by atoms with Gasteiger partial charge in [-0.3, -0.25) is 0 Å². The van der Waals surface area contributed by atoms with Crippen LogP contribution in [0.4, 0.5) is 5.82 Å². The summed E-state index contributed by atoms with van der Waals surface area (Å²) in [6.45, 7) is 2.14. The minimum Gasteiger partial charge on any atom is -0.371 e. The Morgan fingerprint density at radius 3 is 2.82 bits per heavy atom. The van der Waals surface area contributed by atoms with Gasteiger partial charge in [-0.25, -0.2) is 4.68 Å². The molecule has 3 nitrogen and oxygen atoms in total. The van der Waals surface area contributed by atoms with E-state index in [4.69, 9.17) is 0 Å². The van der Waals surface area contributed by atoms with Gasteiger partial charge in [-0.05, 0) is 37.8 Å². The van der Waals surface area contributed by atoms with E-state index in [0.717, 1.165) is 18.7 Å². The van der Waals surface area contributed by atoms with E-state index in [1.807, 2.05) is 7.05 Å². The van der Waals surface area contributed by atoms with Crippen LogP contribution in [0.2, 0.25) is 0 Å². The lowest BCUT2D eigenvalue weighted by molar-refractivity contribution is 0.783. The Bertz CT molecular complexity index is 555. The number of para-hydroxylation sites is 1. The molecule has 0 atom stereocenters. The molecule has 0 fully saturated rings. The predicted molar refractivity (Wildman–Crippen MR) is 69.9 cm³/mol. The first-order chi connectivity index (χ1) is 8.31. The molecule has 1 N–H and O–H groups in total. The van der Waals surface area contributed by atoms with Gasteiger partial charge in [0.05, 0.1) is 5.69 Å². The number of hydrogen-bond acceptors (Lipinski definition) is 2.